The second-order valence-corrected chi connectivity index (χ2v) is 7.59. The van der Waals surface area contributed by atoms with Gasteiger partial charge in [0.1, 0.15) is 5.75 Å². The van der Waals surface area contributed by atoms with Gasteiger partial charge in [-0.3, -0.25) is 14.5 Å². The molecule has 0 saturated carbocycles. The molecule has 5 rings (SSSR count). The fourth-order valence-corrected chi connectivity index (χ4v) is 4.21. The van der Waals surface area contributed by atoms with E-state index in [0.29, 0.717) is 44.5 Å². The molecule has 4 N–H and O–H groups in total. The van der Waals surface area contributed by atoms with Crippen molar-refractivity contribution in [3.63, 3.8) is 0 Å². The summed E-state index contributed by atoms with van der Waals surface area (Å²) in [4.78, 5) is 26.4. The van der Waals surface area contributed by atoms with Crippen LogP contribution in [0.3, 0.4) is 0 Å². The average Bonchev–Trinajstić information content (AvgIpc) is 2.95. The zero-order valence-electron chi connectivity index (χ0n) is 15.6. The van der Waals surface area contributed by atoms with Crippen LogP contribution in [0.25, 0.3) is 0 Å². The first-order valence-corrected chi connectivity index (χ1v) is 9.55. The van der Waals surface area contributed by atoms with E-state index in [2.05, 4.69) is 5.32 Å². The summed E-state index contributed by atoms with van der Waals surface area (Å²) in [7, 11) is 0. The smallest absolute Gasteiger partial charge is 0.262 e. The highest BCUT2D eigenvalue weighted by molar-refractivity contribution is 6.31. The van der Waals surface area contributed by atoms with E-state index in [9.17, 15) is 14.7 Å². The third kappa shape index (κ3) is 2.63. The number of aliphatic hydroxyl groups is 1. The minimum Gasteiger partial charge on any atom is -0.482 e. The largest absolute Gasteiger partial charge is 0.482 e. The first-order chi connectivity index (χ1) is 14.4. The van der Waals surface area contributed by atoms with E-state index in [1.807, 2.05) is 0 Å². The highest BCUT2D eigenvalue weighted by Crippen LogP contribution is 2.47. The lowest BCUT2D eigenvalue weighted by atomic mass is 9.93. The summed E-state index contributed by atoms with van der Waals surface area (Å²) >= 11 is 6.17. The van der Waals surface area contributed by atoms with E-state index in [1.54, 1.807) is 60.7 Å². The monoisotopic (exact) mass is 421 g/mol. The van der Waals surface area contributed by atoms with Crippen LogP contribution in [0, 0.1) is 0 Å². The minimum absolute atomic E-state index is 0.0775. The van der Waals surface area contributed by atoms with Gasteiger partial charge in [0.05, 0.1) is 11.4 Å². The van der Waals surface area contributed by atoms with Crippen LogP contribution in [0.1, 0.15) is 21.5 Å². The Morgan fingerprint density at radius 2 is 1.90 bits per heavy atom. The molecule has 1 atom stereocenters. The number of nitrogens with one attached hydrogen (secondary N) is 1. The molecule has 0 aliphatic carbocycles. The molecule has 150 valence electrons. The number of carbonyl (C=O) groups is 2. The number of nitrogens with two attached hydrogens (primary N) is 1. The quantitative estimate of drug-likeness (QED) is 0.551. The van der Waals surface area contributed by atoms with Gasteiger partial charge in [-0.2, -0.15) is 0 Å². The van der Waals surface area contributed by atoms with Gasteiger partial charge in [0, 0.05) is 27.4 Å². The summed E-state index contributed by atoms with van der Waals surface area (Å²) in [6.07, 6.45) is 0. The Morgan fingerprint density at radius 3 is 2.70 bits per heavy atom. The van der Waals surface area contributed by atoms with Gasteiger partial charge in [0.25, 0.3) is 11.8 Å². The molecule has 2 amide bonds. The van der Waals surface area contributed by atoms with E-state index in [4.69, 9.17) is 22.1 Å². The summed E-state index contributed by atoms with van der Waals surface area (Å²) in [5, 5.41) is 15.1. The minimum atomic E-state index is -1.85. The fourth-order valence-electron chi connectivity index (χ4n) is 3.98. The van der Waals surface area contributed by atoms with Crippen LogP contribution in [-0.2, 0) is 10.5 Å². The number of amides is 2. The Kier molecular flexibility index (Phi) is 3.99. The SMILES string of the molecule is Nc1cc(Cl)cc(N2C(=O)c3ccccc3C2(O)c2ccc3c(c2)NC(=O)CO3)c1. The Labute approximate surface area is 176 Å². The van der Waals surface area contributed by atoms with Crippen LogP contribution in [0.4, 0.5) is 17.1 Å². The average molecular weight is 422 g/mol. The number of hydrogen-bond acceptors (Lipinski definition) is 5. The van der Waals surface area contributed by atoms with Crippen molar-refractivity contribution >= 4 is 40.5 Å². The molecule has 0 saturated heterocycles. The summed E-state index contributed by atoms with van der Waals surface area (Å²) in [6, 6.07) is 16.4. The molecule has 2 heterocycles. The number of nitrogen functional groups attached to an aromatic ring is 1. The van der Waals surface area contributed by atoms with Crippen LogP contribution in [0.2, 0.25) is 5.02 Å². The molecular formula is C22H16ClN3O4. The van der Waals surface area contributed by atoms with Crippen molar-refractivity contribution in [2.24, 2.45) is 0 Å². The van der Waals surface area contributed by atoms with E-state index < -0.39 is 11.6 Å². The Bertz CT molecular complexity index is 1210. The number of nitrogens with zero attached hydrogens (tertiary/aromatic N) is 1. The summed E-state index contributed by atoms with van der Waals surface area (Å²) in [6.45, 7) is -0.0775. The van der Waals surface area contributed by atoms with Gasteiger partial charge in [-0.1, -0.05) is 29.8 Å². The first kappa shape index (κ1) is 18.5. The highest BCUT2D eigenvalue weighted by atomic mass is 35.5. The Hall–Kier alpha value is -3.55. The van der Waals surface area contributed by atoms with Crippen molar-refractivity contribution in [3.05, 3.63) is 82.4 Å². The molecule has 8 heteroatoms. The summed E-state index contributed by atoms with van der Waals surface area (Å²) < 4.78 is 5.41. The van der Waals surface area contributed by atoms with Crippen LogP contribution in [0.5, 0.6) is 5.75 Å². The lowest BCUT2D eigenvalue weighted by Crippen LogP contribution is -2.45. The fraction of sp³-hybridized carbons (Fsp3) is 0.0909. The molecule has 3 aromatic carbocycles. The van der Waals surface area contributed by atoms with Crippen LogP contribution in [-0.4, -0.2) is 23.5 Å². The molecule has 0 bridgehead atoms. The molecule has 0 aromatic heterocycles. The number of ether oxygens (including phenoxy) is 1. The highest BCUT2D eigenvalue weighted by Gasteiger charge is 2.51. The normalized spacial score (nSPS) is 19.7. The molecule has 2 aliphatic rings. The van der Waals surface area contributed by atoms with E-state index in [1.165, 1.54) is 4.90 Å². The second kappa shape index (κ2) is 6.48. The molecule has 2 aliphatic heterocycles. The van der Waals surface area contributed by atoms with Gasteiger partial charge in [-0.25, -0.2) is 0 Å². The predicted octanol–water partition coefficient (Wildman–Crippen LogP) is 3.11. The number of carbonyl (C=O) groups excluding carboxylic acids is 2. The van der Waals surface area contributed by atoms with Crippen molar-refractivity contribution in [1.29, 1.82) is 0 Å². The van der Waals surface area contributed by atoms with Gasteiger partial charge in [0.2, 0.25) is 0 Å². The number of benzene rings is 3. The Balaban J connectivity index is 1.75. The van der Waals surface area contributed by atoms with E-state index >= 15 is 0 Å². The predicted molar refractivity (Wildman–Crippen MR) is 113 cm³/mol. The number of anilines is 3. The summed E-state index contributed by atoms with van der Waals surface area (Å²) in [5.41, 5.74) is 6.37. The van der Waals surface area contributed by atoms with Gasteiger partial charge < -0.3 is 20.9 Å². The van der Waals surface area contributed by atoms with E-state index in [0.717, 1.165) is 0 Å². The number of hydrogen-bond donors (Lipinski definition) is 3. The lowest BCUT2D eigenvalue weighted by molar-refractivity contribution is -0.118. The molecule has 30 heavy (non-hydrogen) atoms. The van der Waals surface area contributed by atoms with Gasteiger partial charge in [-0.05, 0) is 42.5 Å². The maximum Gasteiger partial charge on any atom is 0.262 e. The molecule has 0 spiro atoms. The maximum atomic E-state index is 13.3. The Morgan fingerprint density at radius 1 is 1.10 bits per heavy atom. The third-order valence-electron chi connectivity index (χ3n) is 5.24. The van der Waals surface area contributed by atoms with Crippen molar-refractivity contribution in [2.45, 2.75) is 5.72 Å². The van der Waals surface area contributed by atoms with Crippen LogP contribution in [0.15, 0.2) is 60.7 Å². The first-order valence-electron chi connectivity index (χ1n) is 9.17. The molecule has 0 fully saturated rings. The van der Waals surface area contributed by atoms with Gasteiger partial charge in [0.15, 0.2) is 12.3 Å². The summed E-state index contributed by atoms with van der Waals surface area (Å²) in [5.74, 6) is -0.208. The second-order valence-electron chi connectivity index (χ2n) is 7.15. The number of rotatable bonds is 2. The van der Waals surface area contributed by atoms with Crippen LogP contribution >= 0.6 is 11.6 Å². The standard InChI is InChI=1S/C22H16ClN3O4/c23-13-8-14(24)10-15(9-13)26-21(28)16-3-1-2-4-17(16)22(26,29)12-5-6-19-18(7-12)25-20(27)11-30-19/h1-10,29H,11,24H2,(H,25,27). The zero-order valence-corrected chi connectivity index (χ0v) is 16.3. The maximum absolute atomic E-state index is 13.3. The van der Waals surface area contributed by atoms with Gasteiger partial charge >= 0.3 is 0 Å². The molecule has 1 unspecified atom stereocenters. The lowest BCUT2D eigenvalue weighted by Gasteiger charge is -2.35. The van der Waals surface area contributed by atoms with Crippen LogP contribution < -0.4 is 20.7 Å². The third-order valence-corrected chi connectivity index (χ3v) is 5.46. The number of fused-ring (bicyclic) bond motifs is 2. The molecular weight excluding hydrogens is 406 g/mol. The van der Waals surface area contributed by atoms with E-state index in [-0.39, 0.29) is 12.5 Å². The topological polar surface area (TPSA) is 105 Å². The molecule has 0 radical (unpaired) electrons. The van der Waals surface area contributed by atoms with Crippen molar-refractivity contribution in [1.82, 2.24) is 0 Å². The number of halogens is 1. The molecule has 7 nitrogen and oxygen atoms in total. The zero-order chi connectivity index (χ0) is 21.0. The van der Waals surface area contributed by atoms with Crippen molar-refractivity contribution in [2.75, 3.05) is 22.6 Å². The van der Waals surface area contributed by atoms with Crippen molar-refractivity contribution in [3.8, 4) is 5.75 Å². The van der Waals surface area contributed by atoms with Gasteiger partial charge in [-0.15, -0.1) is 0 Å². The molecule has 3 aromatic rings. The van der Waals surface area contributed by atoms with Crippen molar-refractivity contribution < 1.29 is 19.4 Å².